The van der Waals surface area contributed by atoms with E-state index in [1.54, 1.807) is 0 Å². The van der Waals surface area contributed by atoms with Gasteiger partial charge in [0.15, 0.2) is 0 Å². The SMILES string of the molecule is C=C1C[C@@H](OC(C)=O)[C@@H](Br)C(C)(C)[C@@]12C=C/C(=C\Br)CC2. The highest BCUT2D eigenvalue weighted by Crippen LogP contribution is 2.60. The van der Waals surface area contributed by atoms with E-state index in [0.717, 1.165) is 19.3 Å². The molecule has 116 valence electrons. The molecule has 0 aromatic heterocycles. The Morgan fingerprint density at radius 2 is 2.19 bits per heavy atom. The van der Waals surface area contributed by atoms with Crippen LogP contribution in [0, 0.1) is 10.8 Å². The van der Waals surface area contributed by atoms with Crippen LogP contribution >= 0.6 is 31.9 Å². The van der Waals surface area contributed by atoms with Gasteiger partial charge in [0.05, 0.1) is 4.83 Å². The van der Waals surface area contributed by atoms with Crippen LogP contribution in [-0.2, 0) is 9.53 Å². The molecular weight excluding hydrogens is 396 g/mol. The average Bonchev–Trinajstić information content (AvgIpc) is 2.43. The number of hydrogen-bond donors (Lipinski definition) is 0. The van der Waals surface area contributed by atoms with Crippen LogP contribution in [0.2, 0.25) is 0 Å². The van der Waals surface area contributed by atoms with Crippen molar-refractivity contribution in [3.63, 3.8) is 0 Å². The fourth-order valence-corrected chi connectivity index (χ4v) is 4.77. The minimum Gasteiger partial charge on any atom is -0.461 e. The molecule has 0 unspecified atom stereocenters. The second-order valence-corrected chi connectivity index (χ2v) is 8.01. The van der Waals surface area contributed by atoms with Gasteiger partial charge in [-0.3, -0.25) is 4.79 Å². The number of ether oxygens (including phenoxy) is 1. The molecule has 1 spiro atoms. The Morgan fingerprint density at radius 1 is 1.52 bits per heavy atom. The minimum atomic E-state index is -0.229. The fourth-order valence-electron chi connectivity index (χ4n) is 3.69. The zero-order valence-electron chi connectivity index (χ0n) is 12.8. The van der Waals surface area contributed by atoms with Crippen molar-refractivity contribution in [2.24, 2.45) is 10.8 Å². The van der Waals surface area contributed by atoms with Gasteiger partial charge >= 0.3 is 5.97 Å². The molecule has 4 heteroatoms. The monoisotopic (exact) mass is 416 g/mol. The van der Waals surface area contributed by atoms with E-state index in [-0.39, 0.29) is 27.7 Å². The van der Waals surface area contributed by atoms with Crippen molar-refractivity contribution in [1.29, 1.82) is 0 Å². The van der Waals surface area contributed by atoms with Crippen molar-refractivity contribution in [2.75, 3.05) is 0 Å². The van der Waals surface area contributed by atoms with Gasteiger partial charge in [-0.25, -0.2) is 0 Å². The molecule has 0 aromatic carbocycles. The second-order valence-electron chi connectivity index (χ2n) is 6.57. The number of carbonyl (C=O) groups excluding carboxylic acids is 1. The highest BCUT2D eigenvalue weighted by Gasteiger charge is 2.56. The van der Waals surface area contributed by atoms with E-state index in [1.165, 1.54) is 18.1 Å². The predicted molar refractivity (Wildman–Crippen MR) is 93.6 cm³/mol. The number of halogens is 2. The van der Waals surface area contributed by atoms with Crippen molar-refractivity contribution < 1.29 is 9.53 Å². The molecule has 0 amide bonds. The van der Waals surface area contributed by atoms with Crippen molar-refractivity contribution in [3.05, 3.63) is 34.9 Å². The molecule has 2 nitrogen and oxygen atoms in total. The largest absolute Gasteiger partial charge is 0.461 e. The van der Waals surface area contributed by atoms with Gasteiger partial charge in [-0.05, 0) is 28.8 Å². The van der Waals surface area contributed by atoms with Crippen LogP contribution in [0.15, 0.2) is 34.9 Å². The summed E-state index contributed by atoms with van der Waals surface area (Å²) >= 11 is 7.21. The number of hydrogen-bond acceptors (Lipinski definition) is 2. The summed E-state index contributed by atoms with van der Waals surface area (Å²) in [5, 5.41) is 0. The van der Waals surface area contributed by atoms with Crippen LogP contribution in [0.25, 0.3) is 0 Å². The molecule has 1 fully saturated rings. The number of allylic oxidation sites excluding steroid dienone is 3. The number of esters is 1. The Labute approximate surface area is 144 Å². The molecule has 21 heavy (non-hydrogen) atoms. The summed E-state index contributed by atoms with van der Waals surface area (Å²) in [6.07, 6.45) is 7.14. The van der Waals surface area contributed by atoms with Crippen LogP contribution in [0.5, 0.6) is 0 Å². The summed E-state index contributed by atoms with van der Waals surface area (Å²) in [4.78, 5) is 13.4. The molecule has 2 rings (SSSR count). The molecular formula is C17H22Br2O2. The average molecular weight is 418 g/mol. The lowest BCUT2D eigenvalue weighted by Crippen LogP contribution is -2.54. The lowest BCUT2D eigenvalue weighted by atomic mass is 9.52. The number of carbonyl (C=O) groups is 1. The predicted octanol–water partition coefficient (Wildman–Crippen LogP) is 5.28. The Bertz CT molecular complexity index is 519. The van der Waals surface area contributed by atoms with E-state index >= 15 is 0 Å². The third-order valence-corrected chi connectivity index (χ3v) is 7.41. The first-order valence-corrected chi connectivity index (χ1v) is 9.06. The van der Waals surface area contributed by atoms with Gasteiger partial charge in [-0.2, -0.15) is 0 Å². The fraction of sp³-hybridized carbons (Fsp3) is 0.588. The first-order valence-electron chi connectivity index (χ1n) is 7.22. The minimum absolute atomic E-state index is 0.0443. The van der Waals surface area contributed by atoms with E-state index < -0.39 is 0 Å². The van der Waals surface area contributed by atoms with Crippen molar-refractivity contribution in [1.82, 2.24) is 0 Å². The van der Waals surface area contributed by atoms with Crippen LogP contribution < -0.4 is 0 Å². The summed E-state index contributed by atoms with van der Waals surface area (Å²) in [6.45, 7) is 10.3. The maximum absolute atomic E-state index is 11.3. The summed E-state index contributed by atoms with van der Waals surface area (Å²) in [5.41, 5.74) is 2.35. The molecule has 3 atom stereocenters. The topological polar surface area (TPSA) is 26.3 Å². The standard InChI is InChI=1S/C17H22Br2O2/c1-11-9-14(21-12(2)20)15(19)16(3,4)17(11)7-5-13(10-18)6-8-17/h5,7,10,14-15H,1,6,8-9H2,2-4H3/b13-10+/t14-,15-,17-/m1/s1. The molecule has 1 saturated carbocycles. The van der Waals surface area contributed by atoms with E-state index in [9.17, 15) is 4.79 Å². The highest BCUT2D eigenvalue weighted by molar-refractivity contribution is 9.11. The van der Waals surface area contributed by atoms with Crippen LogP contribution in [0.1, 0.15) is 40.0 Å². The zero-order chi connectivity index (χ0) is 15.8. The normalized spacial score (nSPS) is 37.0. The maximum atomic E-state index is 11.3. The third-order valence-electron chi connectivity index (χ3n) is 5.09. The molecule has 0 saturated heterocycles. The molecule has 2 aliphatic rings. The van der Waals surface area contributed by atoms with Gasteiger partial charge in [0, 0.05) is 18.8 Å². The van der Waals surface area contributed by atoms with Gasteiger partial charge < -0.3 is 4.74 Å². The van der Waals surface area contributed by atoms with Gasteiger partial charge in [-0.1, -0.05) is 70.0 Å². The summed E-state index contributed by atoms with van der Waals surface area (Å²) in [7, 11) is 0. The summed E-state index contributed by atoms with van der Waals surface area (Å²) < 4.78 is 5.50. The lowest BCUT2D eigenvalue weighted by Gasteiger charge is -2.56. The van der Waals surface area contributed by atoms with Crippen LogP contribution in [0.3, 0.4) is 0 Å². The quantitative estimate of drug-likeness (QED) is 0.329. The Kier molecular flexibility index (Phi) is 4.89. The highest BCUT2D eigenvalue weighted by atomic mass is 79.9. The zero-order valence-corrected chi connectivity index (χ0v) is 16.0. The van der Waals surface area contributed by atoms with E-state index in [1.807, 2.05) is 4.99 Å². The van der Waals surface area contributed by atoms with Gasteiger partial charge in [0.2, 0.25) is 0 Å². The van der Waals surface area contributed by atoms with E-state index in [2.05, 4.69) is 64.4 Å². The van der Waals surface area contributed by atoms with Gasteiger partial charge in [-0.15, -0.1) is 0 Å². The molecule has 0 bridgehead atoms. The summed E-state index contributed by atoms with van der Waals surface area (Å²) in [6, 6.07) is 0. The first-order chi connectivity index (χ1) is 9.74. The molecule has 0 heterocycles. The third kappa shape index (κ3) is 2.81. The van der Waals surface area contributed by atoms with Gasteiger partial charge in [0.1, 0.15) is 6.10 Å². The molecule has 0 radical (unpaired) electrons. The molecule has 0 N–H and O–H groups in total. The van der Waals surface area contributed by atoms with Crippen molar-refractivity contribution >= 4 is 37.8 Å². The van der Waals surface area contributed by atoms with Crippen LogP contribution in [-0.4, -0.2) is 16.9 Å². The smallest absolute Gasteiger partial charge is 0.302 e. The van der Waals surface area contributed by atoms with Gasteiger partial charge in [0.25, 0.3) is 0 Å². The molecule has 0 aromatic rings. The Hall–Kier alpha value is -0.350. The van der Waals surface area contributed by atoms with Crippen molar-refractivity contribution in [2.45, 2.75) is 51.0 Å². The maximum Gasteiger partial charge on any atom is 0.302 e. The number of rotatable bonds is 1. The van der Waals surface area contributed by atoms with E-state index in [4.69, 9.17) is 4.74 Å². The second kappa shape index (κ2) is 6.04. The molecule has 0 aliphatic heterocycles. The Balaban J connectivity index is 2.37. The van der Waals surface area contributed by atoms with E-state index in [0.29, 0.717) is 0 Å². The Morgan fingerprint density at radius 3 is 2.67 bits per heavy atom. The summed E-state index contributed by atoms with van der Waals surface area (Å²) in [5.74, 6) is -0.229. The lowest BCUT2D eigenvalue weighted by molar-refractivity contribution is -0.149. The van der Waals surface area contributed by atoms with Crippen LogP contribution in [0.4, 0.5) is 0 Å². The first kappa shape index (κ1) is 17.0. The van der Waals surface area contributed by atoms with Crippen molar-refractivity contribution in [3.8, 4) is 0 Å². The number of alkyl halides is 1. The molecule has 2 aliphatic carbocycles.